The fraction of sp³-hybridized carbons (Fsp3) is 0.211. The predicted molar refractivity (Wildman–Crippen MR) is 99.0 cm³/mol. The predicted octanol–water partition coefficient (Wildman–Crippen LogP) is 4.35. The van der Waals surface area contributed by atoms with Gasteiger partial charge in [-0.1, -0.05) is 42.5 Å². The number of hydrogen-bond donors (Lipinski definition) is 2. The van der Waals surface area contributed by atoms with E-state index < -0.39 is 0 Å². The number of aromatic nitrogens is 1. The summed E-state index contributed by atoms with van der Waals surface area (Å²) < 4.78 is 0. The molecule has 3 nitrogen and oxygen atoms in total. The van der Waals surface area contributed by atoms with E-state index in [2.05, 4.69) is 16.9 Å². The highest BCUT2D eigenvalue weighted by Crippen LogP contribution is 2.17. The van der Waals surface area contributed by atoms with Gasteiger partial charge < -0.3 is 10.3 Å². The molecule has 4 heteroatoms. The van der Waals surface area contributed by atoms with Crippen LogP contribution in [-0.4, -0.2) is 11.5 Å². The van der Waals surface area contributed by atoms with Crippen molar-refractivity contribution in [3.63, 3.8) is 0 Å². The van der Waals surface area contributed by atoms with Crippen molar-refractivity contribution in [3.8, 4) is 0 Å². The van der Waals surface area contributed by atoms with Crippen molar-refractivity contribution >= 4 is 22.5 Å². The largest absolute Gasteiger partial charge is 0.322 e. The molecule has 0 radical (unpaired) electrons. The maximum atomic E-state index is 12.1. The maximum absolute atomic E-state index is 12.1. The van der Waals surface area contributed by atoms with Gasteiger partial charge in [-0.3, -0.25) is 4.79 Å². The molecule has 0 amide bonds. The third-order valence-corrected chi connectivity index (χ3v) is 3.87. The van der Waals surface area contributed by atoms with Crippen LogP contribution in [0.25, 0.3) is 10.9 Å². The average molecular weight is 329 g/mol. The summed E-state index contributed by atoms with van der Waals surface area (Å²) >= 11 is 5.94. The number of aromatic amines is 1. The van der Waals surface area contributed by atoms with Crippen molar-refractivity contribution in [1.82, 2.24) is 10.3 Å². The van der Waals surface area contributed by atoms with Gasteiger partial charge in [0.2, 0.25) is 0 Å². The molecular formula is C19H21ClN2O. The lowest BCUT2D eigenvalue weighted by atomic mass is 10.1. The quantitative estimate of drug-likeness (QED) is 0.774. The molecule has 2 N–H and O–H groups in total. The molecule has 0 atom stereocenters. The number of halogens is 1. The summed E-state index contributed by atoms with van der Waals surface area (Å²) in [5, 5.41) is 4.84. The molecule has 0 saturated heterocycles. The zero-order valence-electron chi connectivity index (χ0n) is 13.4. The fourth-order valence-electron chi connectivity index (χ4n) is 2.20. The Morgan fingerprint density at radius 1 is 1.39 bits per heavy atom. The third-order valence-electron chi connectivity index (χ3n) is 3.64. The number of nitrogens with one attached hydrogen (secondary N) is 2. The molecule has 1 aromatic heterocycles. The number of hydrogen-bond acceptors (Lipinski definition) is 2. The lowest BCUT2D eigenvalue weighted by Gasteiger charge is -2.08. The number of allylic oxidation sites excluding steroid dienone is 3. The highest BCUT2D eigenvalue weighted by atomic mass is 35.5. The third kappa shape index (κ3) is 4.68. The van der Waals surface area contributed by atoms with E-state index in [-0.39, 0.29) is 5.56 Å². The van der Waals surface area contributed by atoms with Gasteiger partial charge in [-0.2, -0.15) is 0 Å². The summed E-state index contributed by atoms with van der Waals surface area (Å²) in [6.07, 6.45) is 5.99. The molecule has 0 aliphatic carbocycles. The van der Waals surface area contributed by atoms with Gasteiger partial charge >= 0.3 is 0 Å². The van der Waals surface area contributed by atoms with Crippen LogP contribution in [0, 0.1) is 0 Å². The second-order valence-electron chi connectivity index (χ2n) is 5.44. The zero-order valence-corrected chi connectivity index (χ0v) is 14.2. The number of benzene rings is 1. The molecule has 1 aromatic carbocycles. The summed E-state index contributed by atoms with van der Waals surface area (Å²) in [7, 11) is 0. The van der Waals surface area contributed by atoms with E-state index in [9.17, 15) is 4.79 Å². The van der Waals surface area contributed by atoms with Gasteiger partial charge in [0.1, 0.15) is 0 Å². The first-order valence-electron chi connectivity index (χ1n) is 7.51. The highest BCUT2D eigenvalue weighted by Gasteiger charge is 2.04. The van der Waals surface area contributed by atoms with Crippen LogP contribution in [0.1, 0.15) is 19.4 Å². The lowest BCUT2D eigenvalue weighted by molar-refractivity contribution is 0.737. The van der Waals surface area contributed by atoms with Crippen LogP contribution in [-0.2, 0) is 6.54 Å². The van der Waals surface area contributed by atoms with Crippen molar-refractivity contribution in [1.29, 1.82) is 0 Å². The molecule has 120 valence electrons. The molecule has 0 aliphatic heterocycles. The van der Waals surface area contributed by atoms with Gasteiger partial charge in [0.15, 0.2) is 0 Å². The van der Waals surface area contributed by atoms with E-state index in [4.69, 9.17) is 11.6 Å². The van der Waals surface area contributed by atoms with Crippen molar-refractivity contribution in [2.75, 3.05) is 6.54 Å². The highest BCUT2D eigenvalue weighted by molar-refractivity contribution is 6.31. The van der Waals surface area contributed by atoms with E-state index in [1.165, 1.54) is 0 Å². The van der Waals surface area contributed by atoms with E-state index in [1.807, 2.05) is 50.3 Å². The molecule has 0 bridgehead atoms. The number of fused-ring (bicyclic) bond motifs is 1. The smallest absolute Gasteiger partial charge is 0.252 e. The minimum atomic E-state index is -0.0981. The van der Waals surface area contributed by atoms with Crippen LogP contribution < -0.4 is 10.9 Å². The zero-order chi connectivity index (χ0) is 16.8. The van der Waals surface area contributed by atoms with Crippen LogP contribution in [0.4, 0.5) is 0 Å². The Morgan fingerprint density at radius 3 is 2.91 bits per heavy atom. The monoisotopic (exact) mass is 328 g/mol. The molecule has 1 heterocycles. The van der Waals surface area contributed by atoms with Crippen LogP contribution in [0.5, 0.6) is 0 Å². The molecular weight excluding hydrogens is 308 g/mol. The first kappa shape index (κ1) is 17.3. The summed E-state index contributed by atoms with van der Waals surface area (Å²) in [5.74, 6) is 0. The van der Waals surface area contributed by atoms with E-state index >= 15 is 0 Å². The minimum Gasteiger partial charge on any atom is -0.322 e. The van der Waals surface area contributed by atoms with Crippen molar-refractivity contribution < 1.29 is 0 Å². The molecule has 23 heavy (non-hydrogen) atoms. The average Bonchev–Trinajstić information content (AvgIpc) is 2.53. The van der Waals surface area contributed by atoms with Gasteiger partial charge in [-0.25, -0.2) is 0 Å². The van der Waals surface area contributed by atoms with Crippen LogP contribution >= 0.6 is 11.6 Å². The lowest BCUT2D eigenvalue weighted by Crippen LogP contribution is -2.22. The first-order valence-corrected chi connectivity index (χ1v) is 7.89. The topological polar surface area (TPSA) is 44.9 Å². The van der Waals surface area contributed by atoms with Gasteiger partial charge in [0.05, 0.1) is 0 Å². The summed E-state index contributed by atoms with van der Waals surface area (Å²) in [6.45, 7) is 9.18. The van der Waals surface area contributed by atoms with Gasteiger partial charge in [0, 0.05) is 29.2 Å². The second kappa shape index (κ2) is 7.95. The van der Waals surface area contributed by atoms with E-state index in [0.29, 0.717) is 23.7 Å². The summed E-state index contributed by atoms with van der Waals surface area (Å²) in [4.78, 5) is 15.0. The Morgan fingerprint density at radius 2 is 2.17 bits per heavy atom. The maximum Gasteiger partial charge on any atom is 0.252 e. The Balaban J connectivity index is 2.05. The minimum absolute atomic E-state index is 0.0981. The molecule has 2 rings (SSSR count). The molecule has 2 aromatic rings. The number of H-pyrrole nitrogens is 1. The van der Waals surface area contributed by atoms with Crippen LogP contribution in [0.3, 0.4) is 0 Å². The van der Waals surface area contributed by atoms with E-state index in [0.717, 1.165) is 22.0 Å². The van der Waals surface area contributed by atoms with Crippen molar-refractivity contribution in [3.05, 3.63) is 81.2 Å². The summed E-state index contributed by atoms with van der Waals surface area (Å²) in [5.41, 5.74) is 3.48. The van der Waals surface area contributed by atoms with E-state index in [1.54, 1.807) is 6.07 Å². The standard InChI is InChI=1S/C19H21ClN2O/c1-4-5-6-13(2)14(3)11-21-12-16-9-15-7-8-17(20)10-18(15)22-19(16)23/h4-10,21H,3,11-12H2,1-2H3,(H,22,23)/b5-4-,13-6-. The Kier molecular flexibility index (Phi) is 5.97. The molecule has 0 spiro atoms. The number of rotatable bonds is 6. The summed E-state index contributed by atoms with van der Waals surface area (Å²) in [6, 6.07) is 7.37. The molecule has 0 unspecified atom stereocenters. The molecule has 0 saturated carbocycles. The van der Waals surface area contributed by atoms with Gasteiger partial charge in [-0.15, -0.1) is 0 Å². The Bertz CT molecular complexity index is 831. The fourth-order valence-corrected chi connectivity index (χ4v) is 2.37. The van der Waals surface area contributed by atoms with Gasteiger partial charge in [-0.05, 0) is 48.6 Å². The number of pyridine rings is 1. The normalized spacial score (nSPS) is 12.2. The van der Waals surface area contributed by atoms with Crippen LogP contribution in [0.15, 0.2) is 65.0 Å². The van der Waals surface area contributed by atoms with Crippen molar-refractivity contribution in [2.24, 2.45) is 0 Å². The molecule has 0 aliphatic rings. The van der Waals surface area contributed by atoms with Crippen LogP contribution in [0.2, 0.25) is 5.02 Å². The second-order valence-corrected chi connectivity index (χ2v) is 5.87. The van der Waals surface area contributed by atoms with Crippen molar-refractivity contribution in [2.45, 2.75) is 20.4 Å². The Labute approximate surface area is 141 Å². The molecule has 0 fully saturated rings. The van der Waals surface area contributed by atoms with Gasteiger partial charge in [0.25, 0.3) is 5.56 Å². The SMILES string of the molecule is C=C(CNCc1cc2ccc(Cl)cc2[nH]c1=O)/C(C)=C\C=C/C. The Hall–Kier alpha value is -2.10. The first-order chi connectivity index (χ1) is 11.0.